The van der Waals surface area contributed by atoms with Gasteiger partial charge >= 0.3 is 0 Å². The molecular weight excluding hydrogens is 377 g/mol. The van der Waals surface area contributed by atoms with E-state index < -0.39 is 17.6 Å². The van der Waals surface area contributed by atoms with Crippen molar-refractivity contribution in [1.29, 1.82) is 0 Å². The monoisotopic (exact) mass is 399 g/mol. The van der Waals surface area contributed by atoms with E-state index in [0.29, 0.717) is 17.5 Å². The first kappa shape index (κ1) is 21.6. The number of halogens is 1. The molecule has 29 heavy (non-hydrogen) atoms. The molecule has 0 radical (unpaired) electrons. The highest BCUT2D eigenvalue weighted by atomic mass is 19.1. The molecule has 0 saturated carbocycles. The van der Waals surface area contributed by atoms with Crippen LogP contribution in [0.25, 0.3) is 0 Å². The van der Waals surface area contributed by atoms with E-state index in [4.69, 9.17) is 4.74 Å². The first-order valence-electron chi connectivity index (χ1n) is 8.81. The van der Waals surface area contributed by atoms with Gasteiger partial charge in [0.2, 0.25) is 5.91 Å². The quantitative estimate of drug-likeness (QED) is 0.343. The van der Waals surface area contributed by atoms with Crippen molar-refractivity contribution in [2.75, 3.05) is 13.7 Å². The third-order valence-corrected chi connectivity index (χ3v) is 3.92. The van der Waals surface area contributed by atoms with Crippen LogP contribution in [-0.2, 0) is 11.2 Å². The lowest BCUT2D eigenvalue weighted by molar-refractivity contribution is -0.120. The van der Waals surface area contributed by atoms with Crippen LogP contribution in [0.15, 0.2) is 54.2 Å². The summed E-state index contributed by atoms with van der Waals surface area (Å²) in [5.41, 5.74) is 3.49. The van der Waals surface area contributed by atoms with Gasteiger partial charge in [-0.2, -0.15) is 5.10 Å². The van der Waals surface area contributed by atoms with Gasteiger partial charge in [0, 0.05) is 18.5 Å². The molecule has 3 N–H and O–H groups in total. The van der Waals surface area contributed by atoms with Gasteiger partial charge in [-0.3, -0.25) is 9.59 Å². The highest BCUT2D eigenvalue weighted by molar-refractivity contribution is 5.94. The molecule has 2 rings (SSSR count). The molecule has 0 aliphatic rings. The summed E-state index contributed by atoms with van der Waals surface area (Å²) < 4.78 is 18.6. The standard InChI is InChI=1S/C21H22FN3O4/c1-3-6-15-11-14(12-18(29-2)20(15)27)13-24-25-19(26)9-10-23-21(28)16-7-4-5-8-17(16)22/h3-5,7-8,11-13,27H,1,6,9-10H2,2H3,(H,23,28)(H,25,26)/b24-13+. The number of nitrogens with zero attached hydrogens (tertiary/aromatic N) is 1. The van der Waals surface area contributed by atoms with Crippen LogP contribution >= 0.6 is 0 Å². The smallest absolute Gasteiger partial charge is 0.254 e. The maximum Gasteiger partial charge on any atom is 0.254 e. The molecule has 0 atom stereocenters. The van der Waals surface area contributed by atoms with Gasteiger partial charge in [0.1, 0.15) is 5.82 Å². The second kappa shape index (κ2) is 10.6. The second-order valence-electron chi connectivity index (χ2n) is 6.00. The van der Waals surface area contributed by atoms with Gasteiger partial charge in [-0.25, -0.2) is 9.82 Å². The molecule has 0 aliphatic heterocycles. The van der Waals surface area contributed by atoms with E-state index in [1.807, 2.05) is 0 Å². The van der Waals surface area contributed by atoms with Crippen molar-refractivity contribution in [2.24, 2.45) is 5.10 Å². The fourth-order valence-electron chi connectivity index (χ4n) is 2.50. The van der Waals surface area contributed by atoms with Crippen LogP contribution in [0.3, 0.4) is 0 Å². The number of rotatable bonds is 9. The number of hydrogen-bond donors (Lipinski definition) is 3. The predicted molar refractivity (Wildman–Crippen MR) is 108 cm³/mol. The lowest BCUT2D eigenvalue weighted by Gasteiger charge is -2.09. The van der Waals surface area contributed by atoms with Gasteiger partial charge in [-0.05, 0) is 36.2 Å². The van der Waals surface area contributed by atoms with E-state index in [2.05, 4.69) is 22.4 Å². The van der Waals surface area contributed by atoms with Crippen molar-refractivity contribution >= 4 is 18.0 Å². The van der Waals surface area contributed by atoms with E-state index in [1.54, 1.807) is 24.3 Å². The molecule has 0 unspecified atom stereocenters. The molecule has 0 saturated heterocycles. The fourth-order valence-corrected chi connectivity index (χ4v) is 2.50. The SMILES string of the molecule is C=CCc1cc(/C=N/NC(=O)CCNC(=O)c2ccccc2F)cc(OC)c1O. The maximum absolute atomic E-state index is 13.5. The average molecular weight is 399 g/mol. The summed E-state index contributed by atoms with van der Waals surface area (Å²) in [6.07, 6.45) is 3.47. The van der Waals surface area contributed by atoms with Crippen molar-refractivity contribution in [3.8, 4) is 11.5 Å². The average Bonchev–Trinajstić information content (AvgIpc) is 2.70. The Hall–Kier alpha value is -3.68. The second-order valence-corrected chi connectivity index (χ2v) is 6.00. The van der Waals surface area contributed by atoms with Crippen LogP contribution in [0.4, 0.5) is 4.39 Å². The fraction of sp³-hybridized carbons (Fsp3) is 0.190. The van der Waals surface area contributed by atoms with E-state index in [9.17, 15) is 19.1 Å². The Labute approximate surface area is 167 Å². The van der Waals surface area contributed by atoms with Crippen molar-refractivity contribution in [2.45, 2.75) is 12.8 Å². The summed E-state index contributed by atoms with van der Waals surface area (Å²) in [7, 11) is 1.44. The van der Waals surface area contributed by atoms with Crippen LogP contribution < -0.4 is 15.5 Å². The number of phenols is 1. The lowest BCUT2D eigenvalue weighted by Crippen LogP contribution is -2.29. The number of carbonyl (C=O) groups is 2. The first-order chi connectivity index (χ1) is 14.0. The highest BCUT2D eigenvalue weighted by Gasteiger charge is 2.11. The van der Waals surface area contributed by atoms with E-state index in [-0.39, 0.29) is 30.0 Å². The Balaban J connectivity index is 1.86. The number of carbonyl (C=O) groups excluding carboxylic acids is 2. The summed E-state index contributed by atoms with van der Waals surface area (Å²) in [4.78, 5) is 23.7. The summed E-state index contributed by atoms with van der Waals surface area (Å²) in [5.74, 6) is -1.33. The number of amides is 2. The number of phenolic OH excluding ortho intramolecular Hbond substituents is 1. The number of hydrazone groups is 1. The van der Waals surface area contributed by atoms with Crippen molar-refractivity contribution < 1.29 is 23.8 Å². The molecular formula is C21H22FN3O4. The molecule has 0 bridgehead atoms. The molecule has 0 aliphatic carbocycles. The molecule has 0 heterocycles. The van der Waals surface area contributed by atoms with Gasteiger partial charge in [0.05, 0.1) is 18.9 Å². The highest BCUT2D eigenvalue weighted by Crippen LogP contribution is 2.31. The zero-order chi connectivity index (χ0) is 21.2. The minimum atomic E-state index is -0.626. The van der Waals surface area contributed by atoms with Crippen LogP contribution in [-0.4, -0.2) is 36.8 Å². The van der Waals surface area contributed by atoms with Crippen LogP contribution in [0.2, 0.25) is 0 Å². The predicted octanol–water partition coefficient (Wildman–Crippen LogP) is 2.54. The van der Waals surface area contributed by atoms with E-state index in [0.717, 1.165) is 0 Å². The van der Waals surface area contributed by atoms with E-state index >= 15 is 0 Å². The maximum atomic E-state index is 13.5. The van der Waals surface area contributed by atoms with Crippen LogP contribution in [0.5, 0.6) is 11.5 Å². The molecule has 0 aromatic heterocycles. The number of aromatic hydroxyl groups is 1. The van der Waals surface area contributed by atoms with Crippen LogP contribution in [0, 0.1) is 5.82 Å². The third-order valence-electron chi connectivity index (χ3n) is 3.92. The Bertz CT molecular complexity index is 928. The number of nitrogens with one attached hydrogen (secondary N) is 2. The molecule has 2 aromatic rings. The molecule has 0 fully saturated rings. The molecule has 0 spiro atoms. The third kappa shape index (κ3) is 6.17. The lowest BCUT2D eigenvalue weighted by atomic mass is 10.1. The summed E-state index contributed by atoms with van der Waals surface area (Å²) in [6, 6.07) is 8.87. The number of methoxy groups -OCH3 is 1. The minimum Gasteiger partial charge on any atom is -0.504 e. The molecule has 2 amide bonds. The number of benzene rings is 2. The first-order valence-corrected chi connectivity index (χ1v) is 8.81. The Morgan fingerprint density at radius 1 is 1.31 bits per heavy atom. The van der Waals surface area contributed by atoms with Gasteiger partial charge in [-0.1, -0.05) is 18.2 Å². The van der Waals surface area contributed by atoms with E-state index in [1.165, 1.54) is 31.5 Å². The zero-order valence-electron chi connectivity index (χ0n) is 15.9. The van der Waals surface area contributed by atoms with Crippen LogP contribution in [0.1, 0.15) is 27.9 Å². The van der Waals surface area contributed by atoms with Gasteiger partial charge < -0.3 is 15.2 Å². The van der Waals surface area contributed by atoms with Gasteiger partial charge in [-0.15, -0.1) is 6.58 Å². The number of hydrogen-bond acceptors (Lipinski definition) is 5. The van der Waals surface area contributed by atoms with Crippen molar-refractivity contribution in [3.63, 3.8) is 0 Å². The summed E-state index contributed by atoms with van der Waals surface area (Å²) >= 11 is 0. The molecule has 7 nitrogen and oxygen atoms in total. The Kier molecular flexibility index (Phi) is 7.90. The Morgan fingerprint density at radius 2 is 2.07 bits per heavy atom. The van der Waals surface area contributed by atoms with Gasteiger partial charge in [0.15, 0.2) is 11.5 Å². The normalized spacial score (nSPS) is 10.6. The minimum absolute atomic E-state index is 0.0270. The largest absolute Gasteiger partial charge is 0.504 e. The van der Waals surface area contributed by atoms with Crippen molar-refractivity contribution in [3.05, 3.63) is 71.6 Å². The molecule has 2 aromatic carbocycles. The topological polar surface area (TPSA) is 100 Å². The van der Waals surface area contributed by atoms with Crippen molar-refractivity contribution in [1.82, 2.24) is 10.7 Å². The summed E-state index contributed by atoms with van der Waals surface area (Å²) in [5, 5.41) is 16.4. The molecule has 8 heteroatoms. The number of allylic oxidation sites excluding steroid dienone is 1. The summed E-state index contributed by atoms with van der Waals surface area (Å²) in [6.45, 7) is 3.67. The number of ether oxygens (including phenoxy) is 1. The van der Waals surface area contributed by atoms with Gasteiger partial charge in [0.25, 0.3) is 5.91 Å². The Morgan fingerprint density at radius 3 is 2.76 bits per heavy atom. The zero-order valence-corrected chi connectivity index (χ0v) is 15.9. The molecule has 152 valence electrons.